The van der Waals surface area contributed by atoms with Crippen molar-refractivity contribution in [2.24, 2.45) is 0 Å². The molecule has 7 nitrogen and oxygen atoms in total. The fourth-order valence-corrected chi connectivity index (χ4v) is 1.87. The van der Waals surface area contributed by atoms with Gasteiger partial charge >= 0.3 is 6.03 Å². The van der Waals surface area contributed by atoms with Crippen molar-refractivity contribution in [3.63, 3.8) is 0 Å². The van der Waals surface area contributed by atoms with Crippen LogP contribution in [0.3, 0.4) is 0 Å². The second-order valence-electron chi connectivity index (χ2n) is 4.07. The van der Waals surface area contributed by atoms with Gasteiger partial charge in [0.2, 0.25) is 0 Å². The third-order valence-corrected chi connectivity index (χ3v) is 2.87. The number of hydrogen-bond acceptors (Lipinski definition) is 5. The molecule has 1 aliphatic heterocycles. The molecule has 1 aromatic heterocycles. The first-order valence-electron chi connectivity index (χ1n) is 5.95. The molecule has 7 heteroatoms. The lowest BCUT2D eigenvalue weighted by molar-refractivity contribution is 0.127. The standard InChI is InChI=1S/C11H17N5O2/c17-8-7-15-3-5-16(6-4-15)11(18)14-10-9-12-1-2-13-10/h1-2,9,17H,3-8H2,(H,13,14,18). The van der Waals surface area contributed by atoms with E-state index in [9.17, 15) is 4.79 Å². The number of β-amino-alcohol motifs (C(OH)–C–C–N with tert-alkyl or cyclic N) is 1. The average Bonchev–Trinajstić information content (AvgIpc) is 2.41. The summed E-state index contributed by atoms with van der Waals surface area (Å²) in [5, 5.41) is 11.5. The predicted octanol–water partition coefficient (Wildman–Crippen LogP) is -0.382. The number of anilines is 1. The Morgan fingerprint density at radius 2 is 2.11 bits per heavy atom. The van der Waals surface area contributed by atoms with E-state index in [-0.39, 0.29) is 12.6 Å². The third kappa shape index (κ3) is 3.38. The molecule has 2 rings (SSSR count). The van der Waals surface area contributed by atoms with Crippen molar-refractivity contribution in [1.82, 2.24) is 19.8 Å². The quantitative estimate of drug-likeness (QED) is 0.765. The van der Waals surface area contributed by atoms with E-state index < -0.39 is 0 Å². The number of nitrogens with one attached hydrogen (secondary N) is 1. The molecule has 2 N–H and O–H groups in total. The molecule has 0 radical (unpaired) electrons. The summed E-state index contributed by atoms with van der Waals surface area (Å²) in [6, 6.07) is -0.154. The van der Waals surface area contributed by atoms with Crippen LogP contribution in [-0.4, -0.2) is 70.2 Å². The Labute approximate surface area is 105 Å². The number of nitrogens with zero attached hydrogens (tertiary/aromatic N) is 4. The zero-order valence-corrected chi connectivity index (χ0v) is 10.1. The third-order valence-electron chi connectivity index (χ3n) is 2.87. The van der Waals surface area contributed by atoms with Crippen molar-refractivity contribution in [2.75, 3.05) is 44.6 Å². The maximum absolute atomic E-state index is 11.9. The van der Waals surface area contributed by atoms with Crippen LogP contribution >= 0.6 is 0 Å². The minimum Gasteiger partial charge on any atom is -0.395 e. The smallest absolute Gasteiger partial charge is 0.323 e. The summed E-state index contributed by atoms with van der Waals surface area (Å²) in [5.74, 6) is 0.459. The Morgan fingerprint density at radius 3 is 2.72 bits per heavy atom. The van der Waals surface area contributed by atoms with Gasteiger partial charge in [0, 0.05) is 45.1 Å². The van der Waals surface area contributed by atoms with E-state index >= 15 is 0 Å². The molecule has 0 unspecified atom stereocenters. The lowest BCUT2D eigenvalue weighted by Gasteiger charge is -2.34. The van der Waals surface area contributed by atoms with E-state index in [0.717, 1.165) is 13.1 Å². The summed E-state index contributed by atoms with van der Waals surface area (Å²) < 4.78 is 0. The van der Waals surface area contributed by atoms with Crippen LogP contribution in [0.15, 0.2) is 18.6 Å². The van der Waals surface area contributed by atoms with Gasteiger partial charge in [0.1, 0.15) is 0 Å². The van der Waals surface area contributed by atoms with Crippen molar-refractivity contribution >= 4 is 11.8 Å². The second-order valence-corrected chi connectivity index (χ2v) is 4.07. The zero-order valence-electron chi connectivity index (χ0n) is 10.1. The molecule has 0 atom stereocenters. The van der Waals surface area contributed by atoms with Crippen LogP contribution in [0, 0.1) is 0 Å². The lowest BCUT2D eigenvalue weighted by atomic mass is 10.3. The number of rotatable bonds is 3. The van der Waals surface area contributed by atoms with E-state index in [1.54, 1.807) is 11.1 Å². The number of carbonyl (C=O) groups is 1. The van der Waals surface area contributed by atoms with Crippen LogP contribution in [0.1, 0.15) is 0 Å². The molecular formula is C11H17N5O2. The summed E-state index contributed by atoms with van der Waals surface area (Å²) in [7, 11) is 0. The van der Waals surface area contributed by atoms with E-state index in [4.69, 9.17) is 5.11 Å². The van der Waals surface area contributed by atoms with Crippen molar-refractivity contribution in [3.8, 4) is 0 Å². The molecule has 2 amide bonds. The maximum atomic E-state index is 11.9. The van der Waals surface area contributed by atoms with Gasteiger partial charge in [0.15, 0.2) is 5.82 Å². The van der Waals surface area contributed by atoms with Crippen molar-refractivity contribution in [2.45, 2.75) is 0 Å². The molecule has 0 aliphatic carbocycles. The number of aliphatic hydroxyl groups is 1. The number of amides is 2. The second kappa shape index (κ2) is 6.27. The Bertz CT molecular complexity index is 378. The van der Waals surface area contributed by atoms with Crippen molar-refractivity contribution in [1.29, 1.82) is 0 Å². The molecule has 0 aromatic carbocycles. The van der Waals surface area contributed by atoms with Crippen molar-refractivity contribution < 1.29 is 9.90 Å². The van der Waals surface area contributed by atoms with Crippen LogP contribution in [0.5, 0.6) is 0 Å². The van der Waals surface area contributed by atoms with Gasteiger partial charge in [-0.05, 0) is 0 Å². The van der Waals surface area contributed by atoms with Gasteiger partial charge in [-0.2, -0.15) is 0 Å². The minimum atomic E-state index is -0.154. The molecule has 1 aromatic rings. The molecule has 1 fully saturated rings. The molecule has 0 bridgehead atoms. The highest BCUT2D eigenvalue weighted by Crippen LogP contribution is 2.05. The number of aromatic nitrogens is 2. The molecule has 1 saturated heterocycles. The molecule has 98 valence electrons. The first-order valence-corrected chi connectivity index (χ1v) is 5.95. The van der Waals surface area contributed by atoms with Gasteiger partial charge in [-0.25, -0.2) is 9.78 Å². The van der Waals surface area contributed by atoms with Gasteiger partial charge in [-0.3, -0.25) is 15.2 Å². The highest BCUT2D eigenvalue weighted by molar-refractivity contribution is 5.88. The van der Waals surface area contributed by atoms with Crippen LogP contribution in [0.4, 0.5) is 10.6 Å². The maximum Gasteiger partial charge on any atom is 0.323 e. The largest absolute Gasteiger partial charge is 0.395 e. The number of hydrogen-bond donors (Lipinski definition) is 2. The fourth-order valence-electron chi connectivity index (χ4n) is 1.87. The summed E-state index contributed by atoms with van der Waals surface area (Å²) in [5.41, 5.74) is 0. The van der Waals surface area contributed by atoms with Crippen LogP contribution < -0.4 is 5.32 Å². The number of piperazine rings is 1. The van der Waals surface area contributed by atoms with Crippen LogP contribution in [0.25, 0.3) is 0 Å². The molecular weight excluding hydrogens is 234 g/mol. The minimum absolute atomic E-state index is 0.154. The van der Waals surface area contributed by atoms with Gasteiger partial charge < -0.3 is 10.0 Å². The van der Waals surface area contributed by atoms with Crippen molar-refractivity contribution in [3.05, 3.63) is 18.6 Å². The number of urea groups is 1. The summed E-state index contributed by atoms with van der Waals surface area (Å²) in [4.78, 5) is 23.7. The average molecular weight is 251 g/mol. The zero-order chi connectivity index (χ0) is 12.8. The summed E-state index contributed by atoms with van der Waals surface area (Å²) >= 11 is 0. The number of aliphatic hydroxyl groups excluding tert-OH is 1. The monoisotopic (exact) mass is 251 g/mol. The molecule has 0 saturated carbocycles. The van der Waals surface area contributed by atoms with E-state index in [2.05, 4.69) is 20.2 Å². The first-order chi connectivity index (χ1) is 8.79. The normalized spacial score (nSPS) is 16.6. The van der Waals surface area contributed by atoms with Gasteiger partial charge in [0.25, 0.3) is 0 Å². The molecule has 1 aliphatic rings. The van der Waals surface area contributed by atoms with Crippen LogP contribution in [-0.2, 0) is 0 Å². The van der Waals surface area contributed by atoms with E-state index in [1.165, 1.54) is 12.4 Å². The molecule has 2 heterocycles. The molecule has 18 heavy (non-hydrogen) atoms. The van der Waals surface area contributed by atoms with E-state index in [1.807, 2.05) is 0 Å². The number of carbonyl (C=O) groups excluding carboxylic acids is 1. The highest BCUT2D eigenvalue weighted by Gasteiger charge is 2.20. The van der Waals surface area contributed by atoms with Crippen LogP contribution in [0.2, 0.25) is 0 Å². The van der Waals surface area contributed by atoms with Gasteiger partial charge in [-0.15, -0.1) is 0 Å². The Balaban J connectivity index is 1.81. The summed E-state index contributed by atoms with van der Waals surface area (Å²) in [6.45, 7) is 3.71. The topological polar surface area (TPSA) is 81.6 Å². The lowest BCUT2D eigenvalue weighted by Crippen LogP contribution is -2.50. The van der Waals surface area contributed by atoms with Gasteiger partial charge in [0.05, 0.1) is 12.8 Å². The highest BCUT2D eigenvalue weighted by atomic mass is 16.3. The first kappa shape index (κ1) is 12.7. The molecule has 0 spiro atoms. The Morgan fingerprint density at radius 1 is 1.33 bits per heavy atom. The van der Waals surface area contributed by atoms with E-state index in [0.29, 0.717) is 25.5 Å². The fraction of sp³-hybridized carbons (Fsp3) is 0.545. The van der Waals surface area contributed by atoms with Gasteiger partial charge in [-0.1, -0.05) is 0 Å². The predicted molar refractivity (Wildman–Crippen MR) is 66.1 cm³/mol. The Kier molecular flexibility index (Phi) is 4.43. The Hall–Kier alpha value is -1.73. The SMILES string of the molecule is O=C(Nc1cnccn1)N1CCN(CCO)CC1. The summed E-state index contributed by atoms with van der Waals surface area (Å²) in [6.07, 6.45) is 4.61.